The van der Waals surface area contributed by atoms with Crippen molar-refractivity contribution in [2.75, 3.05) is 0 Å². The Hall–Kier alpha value is -1.53. The van der Waals surface area contributed by atoms with Crippen molar-refractivity contribution in [3.05, 3.63) is 17.8 Å². The first-order valence-electron chi connectivity index (χ1n) is 2.74. The standard InChI is InChI=1S/C5H3F3N2O2/c6-5(7,8)2-1-10-4(12-2)3(9)11/h1H,(H2,9,11). The van der Waals surface area contributed by atoms with Crippen molar-refractivity contribution in [2.45, 2.75) is 6.18 Å². The predicted octanol–water partition coefficient (Wildman–Crippen LogP) is 0.792. The quantitative estimate of drug-likeness (QED) is 0.694. The molecular formula is C5H3F3N2O2. The summed E-state index contributed by atoms with van der Waals surface area (Å²) in [6.45, 7) is 0. The highest BCUT2D eigenvalue weighted by atomic mass is 19.4. The first kappa shape index (κ1) is 8.57. The molecule has 1 heterocycles. The summed E-state index contributed by atoms with van der Waals surface area (Å²) < 4.78 is 39.3. The van der Waals surface area contributed by atoms with Crippen molar-refractivity contribution >= 4 is 5.91 Å². The van der Waals surface area contributed by atoms with E-state index in [-0.39, 0.29) is 0 Å². The number of nitrogens with zero attached hydrogens (tertiary/aromatic N) is 1. The molecule has 0 radical (unpaired) electrons. The van der Waals surface area contributed by atoms with Crippen LogP contribution in [0.2, 0.25) is 0 Å². The Morgan fingerprint density at radius 3 is 2.42 bits per heavy atom. The van der Waals surface area contributed by atoms with Gasteiger partial charge in [-0.2, -0.15) is 13.2 Å². The van der Waals surface area contributed by atoms with Gasteiger partial charge in [-0.15, -0.1) is 0 Å². The molecule has 0 aromatic carbocycles. The molecule has 0 fully saturated rings. The fraction of sp³-hybridized carbons (Fsp3) is 0.200. The molecule has 1 rings (SSSR count). The Balaban J connectivity index is 3.00. The molecule has 1 aromatic heterocycles. The zero-order valence-electron chi connectivity index (χ0n) is 5.55. The lowest BCUT2D eigenvalue weighted by molar-refractivity contribution is -0.153. The first-order chi connectivity index (χ1) is 5.41. The van der Waals surface area contributed by atoms with Gasteiger partial charge in [-0.3, -0.25) is 4.79 Å². The molecule has 0 bridgehead atoms. The summed E-state index contributed by atoms with van der Waals surface area (Å²) in [4.78, 5) is 13.3. The molecular weight excluding hydrogens is 177 g/mol. The van der Waals surface area contributed by atoms with Crippen LogP contribution in [-0.2, 0) is 6.18 Å². The number of halogens is 3. The van der Waals surface area contributed by atoms with Crippen LogP contribution in [-0.4, -0.2) is 10.9 Å². The fourth-order valence-electron chi connectivity index (χ4n) is 0.519. The maximum atomic E-state index is 11.8. The predicted molar refractivity (Wildman–Crippen MR) is 30.0 cm³/mol. The minimum atomic E-state index is -4.64. The largest absolute Gasteiger partial charge is 0.451 e. The Bertz CT molecular complexity index is 304. The Morgan fingerprint density at radius 2 is 2.17 bits per heavy atom. The topological polar surface area (TPSA) is 69.1 Å². The van der Waals surface area contributed by atoms with Gasteiger partial charge in [0, 0.05) is 0 Å². The molecule has 66 valence electrons. The molecule has 12 heavy (non-hydrogen) atoms. The maximum Gasteiger partial charge on any atom is 0.451 e. The molecule has 7 heteroatoms. The van der Waals surface area contributed by atoms with E-state index in [1.807, 2.05) is 0 Å². The number of rotatable bonds is 1. The van der Waals surface area contributed by atoms with E-state index in [0.29, 0.717) is 6.20 Å². The second kappa shape index (κ2) is 2.50. The summed E-state index contributed by atoms with van der Waals surface area (Å²) in [7, 11) is 0. The number of oxazole rings is 1. The third kappa shape index (κ3) is 1.55. The number of carbonyl (C=O) groups excluding carboxylic acids is 1. The Morgan fingerprint density at radius 1 is 1.58 bits per heavy atom. The SMILES string of the molecule is NC(=O)c1ncc(C(F)(F)F)o1. The summed E-state index contributed by atoms with van der Waals surface area (Å²) in [6, 6.07) is 0. The number of aromatic nitrogens is 1. The second-order valence-electron chi connectivity index (χ2n) is 1.89. The zero-order chi connectivity index (χ0) is 9.35. The van der Waals surface area contributed by atoms with Crippen molar-refractivity contribution in [1.29, 1.82) is 0 Å². The van der Waals surface area contributed by atoms with E-state index >= 15 is 0 Å². The highest BCUT2D eigenvalue weighted by Gasteiger charge is 2.36. The molecule has 0 aliphatic heterocycles. The van der Waals surface area contributed by atoms with Crippen LogP contribution in [0.15, 0.2) is 10.6 Å². The molecule has 1 aromatic rings. The zero-order valence-corrected chi connectivity index (χ0v) is 5.55. The van der Waals surface area contributed by atoms with Crippen LogP contribution in [0.5, 0.6) is 0 Å². The van der Waals surface area contributed by atoms with Crippen LogP contribution >= 0.6 is 0 Å². The van der Waals surface area contributed by atoms with Crippen LogP contribution < -0.4 is 5.73 Å². The van der Waals surface area contributed by atoms with Gasteiger partial charge in [0.2, 0.25) is 5.76 Å². The van der Waals surface area contributed by atoms with Gasteiger partial charge in [0.05, 0.1) is 6.20 Å². The lowest BCUT2D eigenvalue weighted by atomic mass is 10.5. The second-order valence-corrected chi connectivity index (χ2v) is 1.89. The van der Waals surface area contributed by atoms with E-state index in [4.69, 9.17) is 0 Å². The smallest absolute Gasteiger partial charge is 0.428 e. The van der Waals surface area contributed by atoms with E-state index in [2.05, 4.69) is 15.1 Å². The van der Waals surface area contributed by atoms with Gasteiger partial charge in [-0.25, -0.2) is 4.98 Å². The normalized spacial score (nSPS) is 11.6. The summed E-state index contributed by atoms with van der Waals surface area (Å²) >= 11 is 0. The highest BCUT2D eigenvalue weighted by Crippen LogP contribution is 2.29. The fourth-order valence-corrected chi connectivity index (χ4v) is 0.519. The molecule has 0 spiro atoms. The van der Waals surface area contributed by atoms with Gasteiger partial charge < -0.3 is 10.2 Å². The summed E-state index contributed by atoms with van der Waals surface area (Å²) in [6.07, 6.45) is -4.24. The van der Waals surface area contributed by atoms with Crippen LogP contribution in [0.25, 0.3) is 0 Å². The Labute approximate surface area is 64.2 Å². The third-order valence-corrected chi connectivity index (χ3v) is 0.996. The lowest BCUT2D eigenvalue weighted by Gasteiger charge is -1.98. The molecule has 0 saturated carbocycles. The highest BCUT2D eigenvalue weighted by molar-refractivity contribution is 5.87. The molecule has 0 aliphatic carbocycles. The monoisotopic (exact) mass is 180 g/mol. The number of carbonyl (C=O) groups is 1. The van der Waals surface area contributed by atoms with Gasteiger partial charge >= 0.3 is 12.1 Å². The molecule has 4 nitrogen and oxygen atoms in total. The molecule has 0 unspecified atom stereocenters. The van der Waals surface area contributed by atoms with E-state index in [0.717, 1.165) is 0 Å². The van der Waals surface area contributed by atoms with Gasteiger partial charge in [0.25, 0.3) is 5.89 Å². The van der Waals surface area contributed by atoms with E-state index < -0.39 is 23.7 Å². The van der Waals surface area contributed by atoms with Gasteiger partial charge in [0.15, 0.2) is 0 Å². The van der Waals surface area contributed by atoms with Crippen LogP contribution in [0, 0.1) is 0 Å². The van der Waals surface area contributed by atoms with Gasteiger partial charge in [0.1, 0.15) is 0 Å². The van der Waals surface area contributed by atoms with Crippen LogP contribution in [0.4, 0.5) is 13.2 Å². The third-order valence-electron chi connectivity index (χ3n) is 0.996. The van der Waals surface area contributed by atoms with E-state index in [1.54, 1.807) is 0 Å². The van der Waals surface area contributed by atoms with Crippen molar-refractivity contribution in [3.8, 4) is 0 Å². The summed E-state index contributed by atoms with van der Waals surface area (Å²) in [5.41, 5.74) is 4.61. The van der Waals surface area contributed by atoms with Crippen LogP contribution in [0.1, 0.15) is 16.4 Å². The van der Waals surface area contributed by atoms with Gasteiger partial charge in [-0.05, 0) is 0 Å². The number of hydrogen-bond donors (Lipinski definition) is 1. The van der Waals surface area contributed by atoms with Gasteiger partial charge in [-0.1, -0.05) is 0 Å². The number of nitrogens with two attached hydrogens (primary N) is 1. The average molecular weight is 180 g/mol. The summed E-state index contributed by atoms with van der Waals surface area (Å²) in [5.74, 6) is -3.22. The number of primary amides is 1. The molecule has 0 aliphatic rings. The van der Waals surface area contributed by atoms with E-state index in [1.165, 1.54) is 0 Å². The summed E-state index contributed by atoms with van der Waals surface area (Å²) in [5, 5.41) is 0. The molecule has 0 atom stereocenters. The maximum absolute atomic E-state index is 11.8. The first-order valence-corrected chi connectivity index (χ1v) is 2.74. The van der Waals surface area contributed by atoms with Crippen LogP contribution in [0.3, 0.4) is 0 Å². The van der Waals surface area contributed by atoms with Crippen molar-refractivity contribution in [2.24, 2.45) is 5.73 Å². The number of alkyl halides is 3. The van der Waals surface area contributed by atoms with Crippen molar-refractivity contribution < 1.29 is 22.4 Å². The van der Waals surface area contributed by atoms with E-state index in [9.17, 15) is 18.0 Å². The minimum absolute atomic E-state index is 0.403. The molecule has 2 N–H and O–H groups in total. The minimum Gasteiger partial charge on any atom is -0.428 e. The number of hydrogen-bond acceptors (Lipinski definition) is 3. The van der Waals surface area contributed by atoms with Crippen molar-refractivity contribution in [1.82, 2.24) is 4.98 Å². The average Bonchev–Trinajstić information content (AvgIpc) is 2.30. The number of amides is 1. The molecule has 1 amide bonds. The Kier molecular flexibility index (Phi) is 1.79. The van der Waals surface area contributed by atoms with Crippen molar-refractivity contribution in [3.63, 3.8) is 0 Å². The lowest BCUT2D eigenvalue weighted by Crippen LogP contribution is -2.11. The molecule has 0 saturated heterocycles.